The maximum absolute atomic E-state index is 14.1. The lowest BCUT2D eigenvalue weighted by atomic mass is 10.00. The SMILES string of the molecule is CC(C)C[C@H](NC(=O)[C@H](Cc1ccccc1)NC(=O)CNC(=O)[C@H](CCC(=O)O)NC(=O)[C@@H](N)Cc1ccc(O)cc1)C(=O)N[C@@H](CCCN=C(N)N)C(=O)N[C@@H](CCCN=C(N)N)C(=O)O. The Kier molecular flexibility index (Phi) is 24.2. The number of hydrogen-bond acceptors (Lipinski definition) is 12. The average Bonchev–Trinajstić information content (AvgIpc) is 3.26. The van der Waals surface area contributed by atoms with Crippen molar-refractivity contribution in [2.45, 2.75) is 108 Å². The fraction of sp³-hybridized carbons (Fsp3) is 0.488. The van der Waals surface area contributed by atoms with Gasteiger partial charge in [0, 0.05) is 25.9 Å². The average molecular weight is 940 g/mol. The first-order valence-corrected chi connectivity index (χ1v) is 21.6. The zero-order valence-electron chi connectivity index (χ0n) is 37.6. The highest BCUT2D eigenvalue weighted by molar-refractivity contribution is 5.96. The van der Waals surface area contributed by atoms with E-state index in [2.05, 4.69) is 41.9 Å². The second kappa shape index (κ2) is 29.1. The van der Waals surface area contributed by atoms with Gasteiger partial charge in [-0.2, -0.15) is 0 Å². The zero-order valence-corrected chi connectivity index (χ0v) is 37.6. The van der Waals surface area contributed by atoms with Gasteiger partial charge < -0.3 is 75.9 Å². The lowest BCUT2D eigenvalue weighted by molar-refractivity contribution is -0.142. The third kappa shape index (κ3) is 22.8. The molecular weight excluding hydrogens is 875 g/mol. The number of benzene rings is 2. The first-order valence-electron chi connectivity index (χ1n) is 21.6. The summed E-state index contributed by atoms with van der Waals surface area (Å²) in [5.41, 5.74) is 28.8. The molecule has 6 atom stereocenters. The molecule has 0 aliphatic heterocycles. The van der Waals surface area contributed by atoms with Crippen molar-refractivity contribution in [1.82, 2.24) is 31.9 Å². The minimum Gasteiger partial charge on any atom is -0.508 e. The molecule has 19 N–H and O–H groups in total. The highest BCUT2D eigenvalue weighted by Crippen LogP contribution is 2.13. The van der Waals surface area contributed by atoms with Gasteiger partial charge in [-0.3, -0.25) is 43.5 Å². The molecule has 0 aromatic heterocycles. The number of nitrogens with zero attached hydrogens (tertiary/aromatic N) is 2. The number of phenols is 1. The number of carbonyl (C=O) groups is 8. The number of aromatic hydroxyl groups is 1. The lowest BCUT2D eigenvalue weighted by Gasteiger charge is -2.27. The highest BCUT2D eigenvalue weighted by Gasteiger charge is 2.32. The molecule has 0 bridgehead atoms. The van der Waals surface area contributed by atoms with Gasteiger partial charge in [-0.1, -0.05) is 56.3 Å². The monoisotopic (exact) mass is 939 g/mol. The van der Waals surface area contributed by atoms with Crippen molar-refractivity contribution in [3.05, 3.63) is 65.7 Å². The van der Waals surface area contributed by atoms with E-state index in [1.807, 2.05) is 0 Å². The summed E-state index contributed by atoms with van der Waals surface area (Å²) < 4.78 is 0. The molecule has 24 nitrogen and oxygen atoms in total. The summed E-state index contributed by atoms with van der Waals surface area (Å²) in [6.45, 7) is 3.03. The van der Waals surface area contributed by atoms with Crippen LogP contribution in [-0.4, -0.2) is 131 Å². The van der Waals surface area contributed by atoms with Gasteiger partial charge in [0.1, 0.15) is 36.0 Å². The van der Waals surface area contributed by atoms with Crippen LogP contribution in [0.5, 0.6) is 5.75 Å². The zero-order chi connectivity index (χ0) is 50.1. The van der Waals surface area contributed by atoms with Gasteiger partial charge in [-0.15, -0.1) is 0 Å². The molecule has 24 heteroatoms. The number of rotatable bonds is 30. The van der Waals surface area contributed by atoms with Gasteiger partial charge >= 0.3 is 11.9 Å². The molecule has 0 radical (unpaired) electrons. The predicted octanol–water partition coefficient (Wildman–Crippen LogP) is -2.85. The Morgan fingerprint density at radius 1 is 0.582 bits per heavy atom. The van der Waals surface area contributed by atoms with Crippen LogP contribution in [0.3, 0.4) is 0 Å². The van der Waals surface area contributed by atoms with Crippen LogP contribution in [0.1, 0.15) is 69.9 Å². The molecule has 0 spiro atoms. The van der Waals surface area contributed by atoms with Crippen molar-refractivity contribution < 1.29 is 53.7 Å². The molecule has 67 heavy (non-hydrogen) atoms. The molecule has 0 aliphatic carbocycles. The van der Waals surface area contributed by atoms with Gasteiger partial charge in [-0.05, 0) is 74.1 Å². The van der Waals surface area contributed by atoms with Crippen LogP contribution in [0, 0.1) is 5.92 Å². The smallest absolute Gasteiger partial charge is 0.326 e. The van der Waals surface area contributed by atoms with Crippen molar-refractivity contribution in [2.75, 3.05) is 19.6 Å². The van der Waals surface area contributed by atoms with Crippen molar-refractivity contribution in [3.63, 3.8) is 0 Å². The number of amides is 6. The Hall–Kier alpha value is -7.50. The van der Waals surface area contributed by atoms with Crippen LogP contribution in [0.15, 0.2) is 64.6 Å². The largest absolute Gasteiger partial charge is 0.508 e. The van der Waals surface area contributed by atoms with Gasteiger partial charge in [0.05, 0.1) is 12.6 Å². The Labute approximate surface area is 387 Å². The summed E-state index contributed by atoms with van der Waals surface area (Å²) in [4.78, 5) is 112. The number of nitrogens with one attached hydrogen (secondary N) is 6. The maximum Gasteiger partial charge on any atom is 0.326 e. The summed E-state index contributed by atoms with van der Waals surface area (Å²) in [7, 11) is 0. The second-order valence-electron chi connectivity index (χ2n) is 16.0. The van der Waals surface area contributed by atoms with E-state index >= 15 is 0 Å². The summed E-state index contributed by atoms with van der Waals surface area (Å²) in [5, 5.41) is 43.7. The quantitative estimate of drug-likeness (QED) is 0.0213. The molecule has 2 aromatic rings. The molecule has 0 saturated heterocycles. The highest BCUT2D eigenvalue weighted by atomic mass is 16.4. The number of nitrogens with two attached hydrogens (primary N) is 5. The Balaban J connectivity index is 2.28. The van der Waals surface area contributed by atoms with Crippen LogP contribution >= 0.6 is 0 Å². The fourth-order valence-electron chi connectivity index (χ4n) is 6.44. The first-order chi connectivity index (χ1) is 31.6. The first kappa shape index (κ1) is 55.6. The fourth-order valence-corrected chi connectivity index (χ4v) is 6.44. The van der Waals surface area contributed by atoms with Crippen LogP contribution in [0.2, 0.25) is 0 Å². The third-order valence-electron chi connectivity index (χ3n) is 9.84. The molecule has 0 aliphatic rings. The van der Waals surface area contributed by atoms with Gasteiger partial charge in [0.2, 0.25) is 35.4 Å². The Morgan fingerprint density at radius 3 is 1.63 bits per heavy atom. The molecule has 2 rings (SSSR count). The van der Waals surface area contributed by atoms with Crippen LogP contribution in [0.4, 0.5) is 0 Å². The number of hydrogen-bond donors (Lipinski definition) is 14. The topological polar surface area (TPSA) is 424 Å². The number of aliphatic carboxylic acids is 2. The Morgan fingerprint density at radius 2 is 1.07 bits per heavy atom. The van der Waals surface area contributed by atoms with E-state index in [-0.39, 0.29) is 88.0 Å². The molecular formula is C43H65N13O11. The molecule has 2 aromatic carbocycles. The number of phenolic OH excluding ortho intramolecular Hbond substituents is 1. The van der Waals surface area contributed by atoms with E-state index < -0.39 is 96.6 Å². The van der Waals surface area contributed by atoms with Crippen LogP contribution < -0.4 is 60.6 Å². The standard InChI is InChI=1S/C43H65N13O11/c1-24(2)20-32(39(64)54-29(10-6-18-49-42(45)46)38(63)55-31(41(66)67)11-7-19-50-43(47)48)56-40(65)33(22-25-8-4-3-5-9-25)52-34(58)23-51-37(62)30(16-17-35(59)60)53-36(61)28(44)21-26-12-14-27(57)15-13-26/h3-5,8-9,12-15,24,28-33,57H,6-7,10-11,16-23,44H2,1-2H3,(H,51,62)(H,52,58)(H,53,61)(H,54,64)(H,55,63)(H,56,65)(H,59,60)(H,66,67)(H4,45,46,49)(H4,47,48,50)/t28-,29-,30-,31-,32-,33-/m0/s1. The number of carboxylic acid groups (broad SMARTS) is 2. The van der Waals surface area contributed by atoms with E-state index in [0.29, 0.717) is 11.1 Å². The van der Waals surface area contributed by atoms with Crippen molar-refractivity contribution in [1.29, 1.82) is 0 Å². The molecule has 0 saturated carbocycles. The summed E-state index contributed by atoms with van der Waals surface area (Å²) in [6.07, 6.45) is -0.548. The van der Waals surface area contributed by atoms with Gasteiger partial charge in [0.15, 0.2) is 11.9 Å². The van der Waals surface area contributed by atoms with E-state index in [1.165, 1.54) is 12.1 Å². The lowest BCUT2D eigenvalue weighted by Crippen LogP contribution is -2.59. The minimum atomic E-state index is -1.41. The maximum atomic E-state index is 14.1. The van der Waals surface area contributed by atoms with Crippen molar-refractivity contribution >= 4 is 59.3 Å². The molecule has 368 valence electrons. The van der Waals surface area contributed by atoms with Gasteiger partial charge in [0.25, 0.3) is 0 Å². The molecule has 6 amide bonds. The summed E-state index contributed by atoms with van der Waals surface area (Å²) >= 11 is 0. The van der Waals surface area contributed by atoms with E-state index in [1.54, 1.807) is 56.3 Å². The summed E-state index contributed by atoms with van der Waals surface area (Å²) in [5.74, 6) is -8.14. The van der Waals surface area contributed by atoms with Crippen molar-refractivity contribution in [3.8, 4) is 5.75 Å². The van der Waals surface area contributed by atoms with E-state index in [9.17, 15) is 53.7 Å². The number of carbonyl (C=O) groups excluding carboxylic acids is 6. The van der Waals surface area contributed by atoms with Crippen molar-refractivity contribution in [2.24, 2.45) is 44.6 Å². The van der Waals surface area contributed by atoms with E-state index in [4.69, 9.17) is 28.7 Å². The number of aliphatic imine (C=N–C) groups is 2. The van der Waals surface area contributed by atoms with E-state index in [0.717, 1.165) is 0 Å². The predicted molar refractivity (Wildman–Crippen MR) is 246 cm³/mol. The number of carboxylic acids is 2. The molecule has 0 unspecified atom stereocenters. The second-order valence-corrected chi connectivity index (χ2v) is 16.0. The van der Waals surface area contributed by atoms with Crippen LogP contribution in [-0.2, 0) is 51.2 Å². The molecule has 0 heterocycles. The molecule has 0 fully saturated rings. The minimum absolute atomic E-state index is 0.00634. The van der Waals surface area contributed by atoms with Crippen LogP contribution in [0.25, 0.3) is 0 Å². The number of guanidine groups is 2. The third-order valence-corrected chi connectivity index (χ3v) is 9.84. The summed E-state index contributed by atoms with van der Waals surface area (Å²) in [6, 6.07) is 6.64. The Bertz CT molecular complexity index is 2030. The van der Waals surface area contributed by atoms with Gasteiger partial charge in [-0.25, -0.2) is 4.79 Å². The normalized spacial score (nSPS) is 13.5.